The van der Waals surface area contributed by atoms with Crippen LogP contribution in [0.5, 0.6) is 5.75 Å². The minimum atomic E-state index is -0.242. The first-order chi connectivity index (χ1) is 16.5. The first kappa shape index (κ1) is 22.8. The highest BCUT2D eigenvalue weighted by atomic mass is 35.5. The molecule has 1 fully saturated rings. The molecule has 1 amide bonds. The fourth-order valence-corrected chi connectivity index (χ4v) is 5.33. The molecule has 2 aromatic heterocycles. The van der Waals surface area contributed by atoms with Crippen LogP contribution in [-0.2, 0) is 4.74 Å². The van der Waals surface area contributed by atoms with Crippen LogP contribution in [0.1, 0.15) is 35.9 Å². The van der Waals surface area contributed by atoms with Crippen LogP contribution >= 0.6 is 22.9 Å². The normalized spacial score (nSPS) is 15.7. The van der Waals surface area contributed by atoms with E-state index in [2.05, 4.69) is 5.16 Å². The Morgan fingerprint density at radius 3 is 2.91 bits per heavy atom. The van der Waals surface area contributed by atoms with Gasteiger partial charge in [-0.2, -0.15) is 0 Å². The summed E-state index contributed by atoms with van der Waals surface area (Å²) in [5.74, 6) is 0.961. The highest BCUT2D eigenvalue weighted by Gasteiger charge is 2.32. The van der Waals surface area contributed by atoms with E-state index in [-0.39, 0.29) is 12.0 Å². The lowest BCUT2D eigenvalue weighted by Crippen LogP contribution is -2.37. The fourth-order valence-electron chi connectivity index (χ4n) is 4.10. The summed E-state index contributed by atoms with van der Waals surface area (Å²) < 4.78 is 17.9. The second-order valence-electron chi connectivity index (χ2n) is 8.05. The summed E-state index contributed by atoms with van der Waals surface area (Å²) in [5.41, 5.74) is 2.25. The molecule has 0 N–H and O–H groups in total. The maximum atomic E-state index is 14.0. The van der Waals surface area contributed by atoms with Crippen molar-refractivity contribution in [2.75, 3.05) is 24.7 Å². The topological polar surface area (TPSA) is 77.7 Å². The summed E-state index contributed by atoms with van der Waals surface area (Å²) >= 11 is 7.87. The Labute approximate surface area is 206 Å². The molecule has 2 aromatic carbocycles. The third-order valence-corrected chi connectivity index (χ3v) is 7.12. The SMILES string of the molecule is CCOc1ccc2nc(N(C[C@H]3CCCO3)C(=O)c3c(-c4ccccc4Cl)noc3C)sc2c1. The molecule has 1 aliphatic heterocycles. The van der Waals surface area contributed by atoms with Crippen molar-refractivity contribution >= 4 is 44.2 Å². The van der Waals surface area contributed by atoms with Crippen LogP contribution in [0.3, 0.4) is 0 Å². The number of ether oxygens (including phenoxy) is 2. The average molecular weight is 498 g/mol. The highest BCUT2D eigenvalue weighted by molar-refractivity contribution is 7.22. The van der Waals surface area contributed by atoms with Gasteiger partial charge in [0.15, 0.2) is 5.13 Å². The smallest absolute Gasteiger partial charge is 0.266 e. The standard InChI is InChI=1S/C25H24ClN3O4S/c1-3-31-16-10-11-20-21(13-16)34-25(27-20)29(14-17-7-6-12-32-17)24(30)22-15(2)33-28-23(22)18-8-4-5-9-19(18)26/h4-5,8-11,13,17H,3,6-7,12,14H2,1-2H3/t17-/m1/s1. The minimum absolute atomic E-state index is 0.0566. The van der Waals surface area contributed by atoms with Gasteiger partial charge in [-0.3, -0.25) is 9.69 Å². The van der Waals surface area contributed by atoms with Gasteiger partial charge in [-0.1, -0.05) is 46.3 Å². The lowest BCUT2D eigenvalue weighted by Gasteiger charge is -2.23. The van der Waals surface area contributed by atoms with Crippen molar-refractivity contribution in [1.29, 1.82) is 0 Å². The molecular weight excluding hydrogens is 474 g/mol. The number of halogens is 1. The molecule has 9 heteroatoms. The Hall–Kier alpha value is -2.94. The molecule has 3 heterocycles. The molecule has 1 atom stereocenters. The van der Waals surface area contributed by atoms with Gasteiger partial charge in [0.05, 0.1) is 34.5 Å². The Balaban J connectivity index is 1.57. The molecule has 1 saturated heterocycles. The Morgan fingerprint density at radius 2 is 2.15 bits per heavy atom. The number of fused-ring (bicyclic) bond motifs is 1. The molecule has 4 aromatic rings. The minimum Gasteiger partial charge on any atom is -0.494 e. The molecule has 0 bridgehead atoms. The van der Waals surface area contributed by atoms with E-state index in [0.717, 1.165) is 28.8 Å². The van der Waals surface area contributed by atoms with Gasteiger partial charge < -0.3 is 14.0 Å². The van der Waals surface area contributed by atoms with Crippen LogP contribution in [0.15, 0.2) is 47.0 Å². The molecule has 0 unspecified atom stereocenters. The van der Waals surface area contributed by atoms with E-state index in [1.54, 1.807) is 17.9 Å². The third kappa shape index (κ3) is 4.41. The van der Waals surface area contributed by atoms with E-state index >= 15 is 0 Å². The van der Waals surface area contributed by atoms with E-state index in [4.69, 9.17) is 30.6 Å². The predicted octanol–water partition coefficient (Wildman–Crippen LogP) is 6.14. The molecule has 176 valence electrons. The Bertz CT molecular complexity index is 1330. The Morgan fingerprint density at radius 1 is 1.29 bits per heavy atom. The summed E-state index contributed by atoms with van der Waals surface area (Å²) in [5, 5.41) is 5.27. The van der Waals surface area contributed by atoms with Crippen LogP contribution < -0.4 is 9.64 Å². The maximum Gasteiger partial charge on any atom is 0.266 e. The lowest BCUT2D eigenvalue weighted by atomic mass is 10.0. The Kier molecular flexibility index (Phi) is 6.54. The average Bonchev–Trinajstić information content (AvgIpc) is 3.57. The van der Waals surface area contributed by atoms with E-state index in [1.807, 2.05) is 43.3 Å². The molecule has 0 saturated carbocycles. The monoisotopic (exact) mass is 497 g/mol. The van der Waals surface area contributed by atoms with Crippen LogP contribution in [0, 0.1) is 6.92 Å². The number of amides is 1. The molecule has 7 nitrogen and oxygen atoms in total. The number of aromatic nitrogens is 2. The third-order valence-electron chi connectivity index (χ3n) is 5.75. The van der Waals surface area contributed by atoms with Crippen molar-refractivity contribution in [1.82, 2.24) is 10.1 Å². The van der Waals surface area contributed by atoms with Gasteiger partial charge in [-0.15, -0.1) is 0 Å². The number of carbonyl (C=O) groups excluding carboxylic acids is 1. The summed E-state index contributed by atoms with van der Waals surface area (Å²) in [6.07, 6.45) is 1.81. The number of hydrogen-bond acceptors (Lipinski definition) is 7. The van der Waals surface area contributed by atoms with E-state index < -0.39 is 0 Å². The van der Waals surface area contributed by atoms with Crippen LogP contribution in [-0.4, -0.2) is 41.9 Å². The summed E-state index contributed by atoms with van der Waals surface area (Å²) in [4.78, 5) is 20.5. The molecule has 1 aliphatic rings. The van der Waals surface area contributed by atoms with E-state index in [1.165, 1.54) is 11.3 Å². The van der Waals surface area contributed by atoms with E-state index in [0.29, 0.717) is 52.5 Å². The largest absolute Gasteiger partial charge is 0.494 e. The number of thiazole rings is 1. The molecule has 34 heavy (non-hydrogen) atoms. The van der Waals surface area contributed by atoms with Gasteiger partial charge in [-0.05, 0) is 51.0 Å². The molecule has 0 radical (unpaired) electrons. The van der Waals surface area contributed by atoms with Crippen molar-refractivity contribution < 1.29 is 18.8 Å². The fraction of sp³-hybridized carbons (Fsp3) is 0.320. The quantitative estimate of drug-likeness (QED) is 0.305. The number of rotatable bonds is 7. The zero-order chi connectivity index (χ0) is 23.7. The van der Waals surface area contributed by atoms with Crippen molar-refractivity contribution in [2.24, 2.45) is 0 Å². The van der Waals surface area contributed by atoms with Gasteiger partial charge in [-0.25, -0.2) is 4.98 Å². The number of carbonyl (C=O) groups is 1. The summed E-state index contributed by atoms with van der Waals surface area (Å²) in [6, 6.07) is 13.0. The second kappa shape index (κ2) is 9.74. The molecule has 0 spiro atoms. The zero-order valence-electron chi connectivity index (χ0n) is 18.9. The van der Waals surface area contributed by atoms with Crippen molar-refractivity contribution in [2.45, 2.75) is 32.8 Å². The van der Waals surface area contributed by atoms with Gasteiger partial charge in [0.2, 0.25) is 0 Å². The highest BCUT2D eigenvalue weighted by Crippen LogP contribution is 2.36. The number of aryl methyl sites for hydroxylation is 1. The second-order valence-corrected chi connectivity index (χ2v) is 9.47. The van der Waals surface area contributed by atoms with Crippen molar-refractivity contribution in [3.63, 3.8) is 0 Å². The number of anilines is 1. The molecule has 5 rings (SSSR count). The summed E-state index contributed by atoms with van der Waals surface area (Å²) in [6.45, 7) is 5.35. The van der Waals surface area contributed by atoms with Crippen LogP contribution in [0.2, 0.25) is 5.02 Å². The number of benzene rings is 2. The first-order valence-electron chi connectivity index (χ1n) is 11.2. The van der Waals surface area contributed by atoms with Crippen LogP contribution in [0.25, 0.3) is 21.5 Å². The molecular formula is C25H24ClN3O4S. The first-order valence-corrected chi connectivity index (χ1v) is 12.4. The zero-order valence-corrected chi connectivity index (χ0v) is 20.5. The van der Waals surface area contributed by atoms with Gasteiger partial charge in [0, 0.05) is 12.2 Å². The predicted molar refractivity (Wildman–Crippen MR) is 133 cm³/mol. The summed E-state index contributed by atoms with van der Waals surface area (Å²) in [7, 11) is 0. The van der Waals surface area contributed by atoms with Crippen LogP contribution in [0.4, 0.5) is 5.13 Å². The lowest BCUT2D eigenvalue weighted by molar-refractivity contribution is 0.0916. The van der Waals surface area contributed by atoms with E-state index in [9.17, 15) is 4.79 Å². The number of hydrogen-bond donors (Lipinski definition) is 0. The maximum absolute atomic E-state index is 14.0. The number of nitrogens with zero attached hydrogens (tertiary/aromatic N) is 3. The van der Waals surface area contributed by atoms with Crippen molar-refractivity contribution in [3.05, 3.63) is 58.8 Å². The van der Waals surface area contributed by atoms with Crippen molar-refractivity contribution in [3.8, 4) is 17.0 Å². The molecule has 0 aliphatic carbocycles. The van der Waals surface area contributed by atoms with Gasteiger partial charge in [0.25, 0.3) is 5.91 Å². The van der Waals surface area contributed by atoms with Gasteiger partial charge >= 0.3 is 0 Å². The van der Waals surface area contributed by atoms with Gasteiger partial charge in [0.1, 0.15) is 22.8 Å².